The van der Waals surface area contributed by atoms with E-state index < -0.39 is 23.3 Å². The van der Waals surface area contributed by atoms with Gasteiger partial charge in [0.1, 0.15) is 0 Å². The second-order valence-electron chi connectivity index (χ2n) is 3.08. The Bertz CT molecular complexity index is 436. The third-order valence-corrected chi connectivity index (χ3v) is 1.89. The summed E-state index contributed by atoms with van der Waals surface area (Å²) < 4.78 is 38.3. The van der Waals surface area contributed by atoms with Crippen molar-refractivity contribution < 1.29 is 23.1 Å². The number of nitrogens with zero attached hydrogens (tertiary/aromatic N) is 1. The molecule has 0 aliphatic rings. The normalized spacial score (nSPS) is 11.5. The number of carboxylic acids is 1. The highest BCUT2D eigenvalue weighted by Gasteiger charge is 2.36. The molecule has 0 saturated carbocycles. The Balaban J connectivity index is 3.21. The van der Waals surface area contributed by atoms with E-state index in [-0.39, 0.29) is 11.6 Å². The minimum absolute atomic E-state index is 0.0715. The Labute approximate surface area is 93.7 Å². The molecule has 7 heteroatoms. The second-order valence-corrected chi connectivity index (χ2v) is 3.61. The molecule has 0 amide bonds. The van der Waals surface area contributed by atoms with Crippen LogP contribution < -0.4 is 0 Å². The molecule has 0 unspecified atom stereocenters. The third kappa shape index (κ3) is 2.79. The van der Waals surface area contributed by atoms with E-state index in [1.54, 1.807) is 0 Å². The first kappa shape index (κ1) is 12.6. The van der Waals surface area contributed by atoms with Crippen LogP contribution in [-0.4, -0.2) is 15.6 Å². The Kier molecular flexibility index (Phi) is 3.32. The third-order valence-electron chi connectivity index (χ3n) is 1.77. The second kappa shape index (κ2) is 4.21. The summed E-state index contributed by atoms with van der Waals surface area (Å²) >= 11 is 5.42. The lowest BCUT2D eigenvalue weighted by molar-refractivity contribution is -0.138. The quantitative estimate of drug-likeness (QED) is 0.900. The zero-order valence-corrected chi connectivity index (χ0v) is 8.64. The largest absolute Gasteiger partial charge is 0.478 e. The van der Waals surface area contributed by atoms with Gasteiger partial charge in [0.15, 0.2) is 0 Å². The predicted molar refractivity (Wildman–Crippen MR) is 51.4 cm³/mol. The van der Waals surface area contributed by atoms with Gasteiger partial charge in [-0.05, 0) is 0 Å². The van der Waals surface area contributed by atoms with Crippen LogP contribution in [-0.2, 0) is 12.7 Å². The Morgan fingerprint density at radius 1 is 1.50 bits per heavy atom. The van der Waals surface area contributed by atoms with E-state index in [1.807, 2.05) is 0 Å². The van der Waals surface area contributed by atoms with Gasteiger partial charge in [-0.25, -0.2) is 4.79 Å². The van der Waals surface area contributed by atoms with E-state index in [0.29, 0.717) is 6.20 Å². The standard InChI is InChI=1S/C9H7ClF3NO2/c1-5(10)2-14-3-6(8(15)16)7(4-14)9(11,12)13/h3-4H,1-2H2,(H,15,16). The van der Waals surface area contributed by atoms with Crippen LogP contribution in [0.5, 0.6) is 0 Å². The first-order chi connectivity index (χ1) is 7.21. The van der Waals surface area contributed by atoms with Crippen molar-refractivity contribution in [3.8, 4) is 0 Å². The molecule has 1 N–H and O–H groups in total. The van der Waals surface area contributed by atoms with E-state index in [2.05, 4.69) is 6.58 Å². The molecule has 0 bridgehead atoms. The van der Waals surface area contributed by atoms with Crippen molar-refractivity contribution in [2.75, 3.05) is 0 Å². The van der Waals surface area contributed by atoms with Crippen LogP contribution in [0.4, 0.5) is 13.2 Å². The summed E-state index contributed by atoms with van der Waals surface area (Å²) in [6.45, 7) is 3.24. The predicted octanol–water partition coefficient (Wildman–Crippen LogP) is 2.96. The van der Waals surface area contributed by atoms with Crippen LogP contribution in [0, 0.1) is 0 Å². The number of halogens is 4. The highest BCUT2D eigenvalue weighted by Crippen LogP contribution is 2.32. The highest BCUT2D eigenvalue weighted by molar-refractivity contribution is 6.29. The highest BCUT2D eigenvalue weighted by atomic mass is 35.5. The van der Waals surface area contributed by atoms with Gasteiger partial charge in [-0.1, -0.05) is 18.2 Å². The van der Waals surface area contributed by atoms with Gasteiger partial charge in [-0.3, -0.25) is 0 Å². The smallest absolute Gasteiger partial charge is 0.418 e. The van der Waals surface area contributed by atoms with Crippen molar-refractivity contribution >= 4 is 17.6 Å². The SMILES string of the molecule is C=C(Cl)Cn1cc(C(=O)O)c(C(F)(F)F)c1. The summed E-state index contributed by atoms with van der Waals surface area (Å²) in [5, 5.41) is 8.72. The van der Waals surface area contributed by atoms with Crippen LogP contribution in [0.1, 0.15) is 15.9 Å². The Morgan fingerprint density at radius 2 is 2.06 bits per heavy atom. The van der Waals surface area contributed by atoms with E-state index >= 15 is 0 Å². The Morgan fingerprint density at radius 3 is 2.38 bits per heavy atom. The molecule has 0 fully saturated rings. The summed E-state index contributed by atoms with van der Waals surface area (Å²) in [6.07, 6.45) is -3.14. The van der Waals surface area contributed by atoms with Crippen LogP contribution in [0.15, 0.2) is 24.0 Å². The first-order valence-corrected chi connectivity index (χ1v) is 4.43. The topological polar surface area (TPSA) is 42.2 Å². The minimum atomic E-state index is -4.70. The monoisotopic (exact) mass is 253 g/mol. The van der Waals surface area contributed by atoms with Gasteiger partial charge < -0.3 is 9.67 Å². The summed E-state index contributed by atoms with van der Waals surface area (Å²) in [7, 11) is 0. The van der Waals surface area contributed by atoms with Gasteiger partial charge in [-0.2, -0.15) is 13.2 Å². The fourth-order valence-corrected chi connectivity index (χ4v) is 1.33. The maximum Gasteiger partial charge on any atom is 0.418 e. The molecule has 0 spiro atoms. The fraction of sp³-hybridized carbons (Fsp3) is 0.222. The lowest BCUT2D eigenvalue weighted by atomic mass is 10.2. The zero-order chi connectivity index (χ0) is 12.5. The van der Waals surface area contributed by atoms with Gasteiger partial charge in [-0.15, -0.1) is 0 Å². The van der Waals surface area contributed by atoms with Gasteiger partial charge in [0.2, 0.25) is 0 Å². The lowest BCUT2D eigenvalue weighted by Crippen LogP contribution is -2.09. The van der Waals surface area contributed by atoms with Gasteiger partial charge >= 0.3 is 12.1 Å². The van der Waals surface area contributed by atoms with Crippen LogP contribution in [0.25, 0.3) is 0 Å². The summed E-state index contributed by atoms with van der Waals surface area (Å²) in [5.74, 6) is -1.63. The molecule has 0 atom stereocenters. The maximum atomic E-state index is 12.4. The Hall–Kier alpha value is -1.43. The summed E-state index contributed by atoms with van der Waals surface area (Å²) in [6, 6.07) is 0. The number of aromatic nitrogens is 1. The van der Waals surface area contributed by atoms with Crippen molar-refractivity contribution in [2.24, 2.45) is 0 Å². The molecule has 16 heavy (non-hydrogen) atoms. The van der Waals surface area contributed by atoms with Crippen LogP contribution >= 0.6 is 11.6 Å². The van der Waals surface area contributed by atoms with Crippen molar-refractivity contribution in [3.05, 3.63) is 35.1 Å². The molecule has 88 valence electrons. The van der Waals surface area contributed by atoms with Crippen LogP contribution in [0.3, 0.4) is 0 Å². The molecular formula is C9H7ClF3NO2. The molecule has 0 saturated heterocycles. The lowest BCUT2D eigenvalue weighted by Gasteiger charge is -2.04. The van der Waals surface area contributed by atoms with Crippen molar-refractivity contribution in [1.82, 2.24) is 4.57 Å². The van der Waals surface area contributed by atoms with E-state index in [4.69, 9.17) is 16.7 Å². The fourth-order valence-electron chi connectivity index (χ4n) is 1.19. The number of alkyl halides is 3. The van der Waals surface area contributed by atoms with Crippen molar-refractivity contribution in [1.29, 1.82) is 0 Å². The van der Waals surface area contributed by atoms with Crippen LogP contribution in [0.2, 0.25) is 0 Å². The number of aromatic carboxylic acids is 1. The summed E-state index contributed by atoms with van der Waals surface area (Å²) in [4.78, 5) is 10.6. The molecule has 0 aliphatic heterocycles. The number of rotatable bonds is 3. The van der Waals surface area contributed by atoms with Gasteiger partial charge in [0.25, 0.3) is 0 Å². The van der Waals surface area contributed by atoms with E-state index in [0.717, 1.165) is 10.8 Å². The molecular weight excluding hydrogens is 247 g/mol. The number of allylic oxidation sites excluding steroid dienone is 1. The first-order valence-electron chi connectivity index (χ1n) is 4.05. The molecule has 0 aliphatic carbocycles. The molecule has 1 heterocycles. The average molecular weight is 254 g/mol. The molecule has 0 radical (unpaired) electrons. The average Bonchev–Trinajstić information content (AvgIpc) is 2.45. The number of hydrogen-bond acceptors (Lipinski definition) is 1. The molecule has 1 aromatic heterocycles. The van der Waals surface area contributed by atoms with E-state index in [1.165, 1.54) is 0 Å². The van der Waals surface area contributed by atoms with Crippen molar-refractivity contribution in [3.63, 3.8) is 0 Å². The maximum absolute atomic E-state index is 12.4. The van der Waals surface area contributed by atoms with Gasteiger partial charge in [0.05, 0.1) is 17.7 Å². The number of hydrogen-bond donors (Lipinski definition) is 1. The summed E-state index contributed by atoms with van der Waals surface area (Å²) in [5.41, 5.74) is -2.00. The van der Waals surface area contributed by atoms with Gasteiger partial charge in [0, 0.05) is 17.4 Å². The molecule has 0 aromatic carbocycles. The number of carbonyl (C=O) groups is 1. The molecule has 1 aromatic rings. The molecule has 1 rings (SSSR count). The van der Waals surface area contributed by atoms with Crippen molar-refractivity contribution in [2.45, 2.75) is 12.7 Å². The zero-order valence-electron chi connectivity index (χ0n) is 7.88. The minimum Gasteiger partial charge on any atom is -0.478 e. The van der Waals surface area contributed by atoms with E-state index in [9.17, 15) is 18.0 Å². The molecule has 3 nitrogen and oxygen atoms in total. The number of carboxylic acid groups (broad SMARTS) is 1.